The summed E-state index contributed by atoms with van der Waals surface area (Å²) in [6.07, 6.45) is 1.19. The molecule has 0 atom stereocenters. The molecule has 0 unspecified atom stereocenters. The molecule has 1 heteroatoms. The fourth-order valence-corrected chi connectivity index (χ4v) is 0.714. The Morgan fingerprint density at radius 3 is 2.12 bits per heavy atom. The van der Waals surface area contributed by atoms with Gasteiger partial charge in [-0.15, -0.1) is 0 Å². The van der Waals surface area contributed by atoms with E-state index in [0.717, 1.165) is 5.92 Å². The predicted molar refractivity (Wildman–Crippen MR) is 37.0 cm³/mol. The summed E-state index contributed by atoms with van der Waals surface area (Å²) in [7, 11) is 1.97. The van der Waals surface area contributed by atoms with Crippen LogP contribution >= 0.6 is 0 Å². The van der Waals surface area contributed by atoms with E-state index in [1.807, 2.05) is 7.05 Å². The molecule has 0 aliphatic rings. The lowest BCUT2D eigenvalue weighted by molar-refractivity contribution is -0.422. The normalized spacial score (nSPS) is 12.9. The molecule has 0 radical (unpaired) electrons. The Balaban J connectivity index is 3.39. The Morgan fingerprint density at radius 2 is 2.00 bits per heavy atom. The average molecular weight is 114 g/mol. The molecule has 0 aliphatic carbocycles. The second-order valence-corrected chi connectivity index (χ2v) is 2.63. The van der Waals surface area contributed by atoms with Gasteiger partial charge in [-0.1, -0.05) is 13.8 Å². The van der Waals surface area contributed by atoms with Gasteiger partial charge in [0.25, 0.3) is 0 Å². The van der Waals surface area contributed by atoms with Crippen molar-refractivity contribution in [1.29, 1.82) is 0 Å². The van der Waals surface area contributed by atoms with Crippen LogP contribution in [0.5, 0.6) is 0 Å². The van der Waals surface area contributed by atoms with Gasteiger partial charge in [0.2, 0.25) is 0 Å². The van der Waals surface area contributed by atoms with Gasteiger partial charge in [0.15, 0.2) is 0 Å². The van der Waals surface area contributed by atoms with Crippen molar-refractivity contribution in [2.45, 2.75) is 27.2 Å². The molecule has 0 bridgehead atoms. The minimum Gasteiger partial charge on any atom is -0.252 e. The van der Waals surface area contributed by atoms with Crippen molar-refractivity contribution in [3.8, 4) is 0 Å². The number of rotatable bonds is 2. The lowest BCUT2D eigenvalue weighted by Crippen LogP contribution is -2.67. The Bertz CT molecular complexity index is 82.4. The molecule has 0 aromatic carbocycles. The maximum absolute atomic E-state index is 3.11. The average Bonchev–Trinajstić information content (AvgIpc) is 1.65. The third-order valence-electron chi connectivity index (χ3n) is 1.14. The molecule has 0 saturated carbocycles. The summed E-state index contributed by atoms with van der Waals surface area (Å²) in [6, 6.07) is 0. The first kappa shape index (κ1) is 7.67. The first-order chi connectivity index (χ1) is 3.66. The molecule has 0 aromatic heterocycles. The van der Waals surface area contributed by atoms with Crippen molar-refractivity contribution in [2.75, 3.05) is 7.05 Å². The predicted octanol–water partition coefficient (Wildman–Crippen LogP) is 0.204. The third-order valence-corrected chi connectivity index (χ3v) is 1.14. The van der Waals surface area contributed by atoms with E-state index in [0.29, 0.717) is 0 Å². The zero-order valence-electron chi connectivity index (χ0n) is 6.28. The number of hydrogen-bond acceptors (Lipinski definition) is 0. The second-order valence-electron chi connectivity index (χ2n) is 2.63. The first-order valence-corrected chi connectivity index (χ1v) is 3.17. The number of nitrogens with one attached hydrogen (secondary N) is 1. The van der Waals surface area contributed by atoms with Gasteiger partial charge in [0.1, 0.15) is 12.8 Å². The van der Waals surface area contributed by atoms with Crippen molar-refractivity contribution >= 4 is 5.71 Å². The smallest absolute Gasteiger partial charge is 0.147 e. The molecule has 1 nitrogen and oxygen atoms in total. The van der Waals surface area contributed by atoms with E-state index in [9.17, 15) is 0 Å². The van der Waals surface area contributed by atoms with E-state index in [2.05, 4.69) is 25.8 Å². The van der Waals surface area contributed by atoms with Crippen molar-refractivity contribution in [1.82, 2.24) is 0 Å². The minimum atomic E-state index is 0.780. The summed E-state index contributed by atoms with van der Waals surface area (Å²) >= 11 is 0. The maximum Gasteiger partial charge on any atom is 0.147 e. The van der Waals surface area contributed by atoms with Crippen molar-refractivity contribution < 1.29 is 4.99 Å². The molecule has 0 aromatic rings. The molecule has 0 rings (SSSR count). The zero-order chi connectivity index (χ0) is 6.57. The number of hydrogen-bond donors (Lipinski definition) is 1. The van der Waals surface area contributed by atoms with E-state index < -0.39 is 0 Å². The summed E-state index contributed by atoms with van der Waals surface area (Å²) in [4.78, 5) is 3.11. The largest absolute Gasteiger partial charge is 0.252 e. The van der Waals surface area contributed by atoms with Gasteiger partial charge >= 0.3 is 0 Å². The van der Waals surface area contributed by atoms with Crippen LogP contribution < -0.4 is 4.99 Å². The summed E-state index contributed by atoms with van der Waals surface area (Å²) in [5.74, 6) is 0.780. The van der Waals surface area contributed by atoms with Crippen molar-refractivity contribution in [3.63, 3.8) is 0 Å². The van der Waals surface area contributed by atoms with Crippen LogP contribution in [0.3, 0.4) is 0 Å². The molecule has 0 fully saturated rings. The summed E-state index contributed by atoms with van der Waals surface area (Å²) < 4.78 is 0. The molecule has 0 heterocycles. The highest BCUT2D eigenvalue weighted by molar-refractivity contribution is 5.75. The quantitative estimate of drug-likeness (QED) is 0.493. The van der Waals surface area contributed by atoms with Gasteiger partial charge in [0, 0.05) is 13.3 Å². The Morgan fingerprint density at radius 1 is 1.50 bits per heavy atom. The van der Waals surface area contributed by atoms with Crippen LogP contribution in [0.25, 0.3) is 0 Å². The molecule has 0 spiro atoms. The highest BCUT2D eigenvalue weighted by Crippen LogP contribution is 1.96. The molecular weight excluding hydrogens is 98.1 g/mol. The maximum atomic E-state index is 3.11. The topological polar surface area (TPSA) is 14.0 Å². The van der Waals surface area contributed by atoms with Crippen molar-refractivity contribution in [3.05, 3.63) is 0 Å². The van der Waals surface area contributed by atoms with Gasteiger partial charge in [-0.3, -0.25) is 4.99 Å². The van der Waals surface area contributed by atoms with Gasteiger partial charge in [-0.2, -0.15) is 0 Å². The SMILES string of the molecule is C[NH+]=C(C)CC(C)C. The van der Waals surface area contributed by atoms with E-state index in [-0.39, 0.29) is 0 Å². The minimum absolute atomic E-state index is 0.780. The van der Waals surface area contributed by atoms with E-state index in [1.54, 1.807) is 0 Å². The van der Waals surface area contributed by atoms with Gasteiger partial charge in [0.05, 0.1) is 0 Å². The molecule has 48 valence electrons. The summed E-state index contributed by atoms with van der Waals surface area (Å²) in [5.41, 5.74) is 1.38. The molecule has 8 heavy (non-hydrogen) atoms. The van der Waals surface area contributed by atoms with E-state index in [4.69, 9.17) is 0 Å². The lowest BCUT2D eigenvalue weighted by atomic mass is 10.1. The van der Waals surface area contributed by atoms with Crippen LogP contribution in [0, 0.1) is 5.92 Å². The standard InChI is InChI=1S/C7H15N/c1-6(2)5-7(3)8-4/h6H,5H2,1-4H3/p+1. The Labute approximate surface area is 51.8 Å². The molecule has 0 saturated heterocycles. The Hall–Kier alpha value is -0.330. The molecule has 1 N–H and O–H groups in total. The van der Waals surface area contributed by atoms with E-state index in [1.165, 1.54) is 12.1 Å². The van der Waals surface area contributed by atoms with Gasteiger partial charge in [-0.25, -0.2) is 0 Å². The van der Waals surface area contributed by atoms with Crippen LogP contribution in [0.2, 0.25) is 0 Å². The monoisotopic (exact) mass is 114 g/mol. The summed E-state index contributed by atoms with van der Waals surface area (Å²) in [5, 5.41) is 0. The third kappa shape index (κ3) is 3.85. The first-order valence-electron chi connectivity index (χ1n) is 3.17. The van der Waals surface area contributed by atoms with E-state index >= 15 is 0 Å². The molecule has 0 amide bonds. The van der Waals surface area contributed by atoms with Crippen LogP contribution in [0.15, 0.2) is 0 Å². The second kappa shape index (κ2) is 3.65. The highest BCUT2D eigenvalue weighted by Gasteiger charge is 1.98. The van der Waals surface area contributed by atoms with Gasteiger partial charge in [-0.05, 0) is 5.92 Å². The molecule has 0 aliphatic heterocycles. The fraction of sp³-hybridized carbons (Fsp3) is 0.857. The van der Waals surface area contributed by atoms with Crippen LogP contribution in [0.1, 0.15) is 27.2 Å². The van der Waals surface area contributed by atoms with Gasteiger partial charge < -0.3 is 0 Å². The highest BCUT2D eigenvalue weighted by atomic mass is 14.7. The zero-order valence-corrected chi connectivity index (χ0v) is 6.28. The van der Waals surface area contributed by atoms with Crippen molar-refractivity contribution in [2.24, 2.45) is 5.92 Å². The molecular formula is C7H16N+. The van der Waals surface area contributed by atoms with Crippen LogP contribution in [-0.4, -0.2) is 12.8 Å². The van der Waals surface area contributed by atoms with Crippen LogP contribution in [0.4, 0.5) is 0 Å². The Kier molecular flexibility index (Phi) is 3.49. The lowest BCUT2D eigenvalue weighted by Gasteiger charge is -1.96. The summed E-state index contributed by atoms with van der Waals surface area (Å²) in [6.45, 7) is 6.57. The van der Waals surface area contributed by atoms with Crippen LogP contribution in [-0.2, 0) is 0 Å². The fourth-order valence-electron chi connectivity index (χ4n) is 0.714.